The Hall–Kier alpha value is -3.87. The van der Waals surface area contributed by atoms with E-state index in [0.717, 1.165) is 28.9 Å². The van der Waals surface area contributed by atoms with Crippen LogP contribution in [0.25, 0.3) is 11.1 Å². The fourth-order valence-corrected chi connectivity index (χ4v) is 5.15. The fourth-order valence-electron chi connectivity index (χ4n) is 5.15. The maximum Gasteiger partial charge on any atom is 0.260 e. The summed E-state index contributed by atoms with van der Waals surface area (Å²) in [4.78, 5) is 38.9. The van der Waals surface area contributed by atoms with Crippen LogP contribution in [-0.2, 0) is 16.1 Å². The number of anilines is 1. The van der Waals surface area contributed by atoms with E-state index in [4.69, 9.17) is 4.74 Å². The first kappa shape index (κ1) is 21.9. The van der Waals surface area contributed by atoms with E-state index in [-0.39, 0.29) is 35.8 Å². The van der Waals surface area contributed by atoms with Gasteiger partial charge in [-0.15, -0.1) is 0 Å². The van der Waals surface area contributed by atoms with Gasteiger partial charge in [0.2, 0.25) is 5.91 Å². The van der Waals surface area contributed by atoms with Gasteiger partial charge in [-0.3, -0.25) is 14.4 Å². The van der Waals surface area contributed by atoms with Crippen LogP contribution in [0.1, 0.15) is 25.0 Å². The van der Waals surface area contributed by atoms with Gasteiger partial charge in [0.1, 0.15) is 5.75 Å². The van der Waals surface area contributed by atoms with Crippen molar-refractivity contribution in [3.05, 3.63) is 82.8 Å². The molecule has 2 amide bonds. The van der Waals surface area contributed by atoms with Crippen molar-refractivity contribution in [2.24, 2.45) is 5.92 Å². The summed E-state index contributed by atoms with van der Waals surface area (Å²) in [5.74, 6) is 0.834. The van der Waals surface area contributed by atoms with Crippen LogP contribution in [0.2, 0.25) is 0 Å². The summed E-state index contributed by atoms with van der Waals surface area (Å²) < 4.78 is 7.57. The molecule has 2 bridgehead atoms. The number of fused-ring (bicyclic) bond motifs is 4. The van der Waals surface area contributed by atoms with Gasteiger partial charge in [0.25, 0.3) is 11.5 Å². The van der Waals surface area contributed by atoms with E-state index in [2.05, 4.69) is 5.32 Å². The molecule has 34 heavy (non-hydrogen) atoms. The third kappa shape index (κ3) is 4.46. The van der Waals surface area contributed by atoms with Gasteiger partial charge in [-0.05, 0) is 48.2 Å². The van der Waals surface area contributed by atoms with Crippen LogP contribution < -0.4 is 15.6 Å². The summed E-state index contributed by atoms with van der Waals surface area (Å²) in [5, 5.41) is 2.78. The van der Waals surface area contributed by atoms with Gasteiger partial charge in [-0.25, -0.2) is 0 Å². The molecule has 0 aliphatic carbocycles. The third-order valence-electron chi connectivity index (χ3n) is 6.56. The predicted octanol–water partition coefficient (Wildman–Crippen LogP) is 3.50. The molecule has 5 rings (SSSR count). The van der Waals surface area contributed by atoms with Crippen molar-refractivity contribution in [2.75, 3.05) is 25.0 Å². The van der Waals surface area contributed by atoms with E-state index >= 15 is 0 Å². The summed E-state index contributed by atoms with van der Waals surface area (Å²) >= 11 is 0. The molecule has 3 aromatic rings. The lowest BCUT2D eigenvalue weighted by Crippen LogP contribution is -2.50. The van der Waals surface area contributed by atoms with Crippen LogP contribution in [0.3, 0.4) is 0 Å². The number of nitrogens with one attached hydrogen (secondary N) is 1. The van der Waals surface area contributed by atoms with Crippen LogP contribution in [0, 0.1) is 5.92 Å². The van der Waals surface area contributed by atoms with Crippen molar-refractivity contribution < 1.29 is 14.3 Å². The molecule has 7 heteroatoms. The molecule has 1 fully saturated rings. The zero-order valence-electron chi connectivity index (χ0n) is 19.1. The number of para-hydroxylation sites is 1. The lowest BCUT2D eigenvalue weighted by molar-refractivity contribution is -0.136. The molecule has 1 N–H and O–H groups in total. The van der Waals surface area contributed by atoms with E-state index in [0.29, 0.717) is 25.4 Å². The Kier molecular flexibility index (Phi) is 5.92. The number of piperidine rings is 1. The van der Waals surface area contributed by atoms with Crippen LogP contribution in [0.4, 0.5) is 5.69 Å². The highest BCUT2D eigenvalue weighted by Crippen LogP contribution is 2.40. The van der Waals surface area contributed by atoms with Gasteiger partial charge in [-0.1, -0.05) is 30.3 Å². The minimum Gasteiger partial charge on any atom is -0.484 e. The van der Waals surface area contributed by atoms with Crippen LogP contribution in [0.5, 0.6) is 5.75 Å². The van der Waals surface area contributed by atoms with Gasteiger partial charge in [-0.2, -0.15) is 0 Å². The Labute approximate surface area is 198 Å². The summed E-state index contributed by atoms with van der Waals surface area (Å²) in [7, 11) is 0. The number of amides is 2. The van der Waals surface area contributed by atoms with E-state index in [1.54, 1.807) is 6.07 Å². The number of benzene rings is 2. The molecule has 3 heterocycles. The number of hydrogen-bond donors (Lipinski definition) is 1. The molecular weight excluding hydrogens is 430 g/mol. The van der Waals surface area contributed by atoms with Crippen molar-refractivity contribution in [3.8, 4) is 16.9 Å². The van der Waals surface area contributed by atoms with Crippen LogP contribution in [0.15, 0.2) is 71.5 Å². The standard InChI is InChI=1S/C27H27N3O4/c1-18(31)28-22-9-7-20(8-10-22)24-11-12-25(32)30-15-19-13-21(27(24)30)16-29(14-19)26(33)17-34-23-5-3-2-4-6-23/h2-12,19,21H,13-17H2,1H3,(H,28,31). The van der Waals surface area contributed by atoms with Crippen LogP contribution >= 0.6 is 0 Å². The van der Waals surface area contributed by atoms with E-state index in [1.807, 2.05) is 70.1 Å². The number of ether oxygens (including phenoxy) is 1. The van der Waals surface area contributed by atoms with E-state index < -0.39 is 0 Å². The van der Waals surface area contributed by atoms with Gasteiger partial charge in [0.15, 0.2) is 6.61 Å². The Morgan fingerprint density at radius 2 is 1.74 bits per heavy atom. The largest absolute Gasteiger partial charge is 0.484 e. The number of carbonyl (C=O) groups is 2. The second kappa shape index (κ2) is 9.17. The molecule has 2 atom stereocenters. The van der Waals surface area contributed by atoms with E-state index in [9.17, 15) is 14.4 Å². The molecule has 2 aliphatic heterocycles. The minimum absolute atomic E-state index is 0.00250. The quantitative estimate of drug-likeness (QED) is 0.636. The highest BCUT2D eigenvalue weighted by atomic mass is 16.5. The Balaban J connectivity index is 1.39. The average Bonchev–Trinajstić information content (AvgIpc) is 2.84. The lowest BCUT2D eigenvalue weighted by Gasteiger charge is -2.43. The zero-order valence-corrected chi connectivity index (χ0v) is 19.1. The lowest BCUT2D eigenvalue weighted by atomic mass is 9.80. The molecule has 0 spiro atoms. The molecule has 0 saturated carbocycles. The molecule has 174 valence electrons. The molecule has 1 aromatic heterocycles. The molecule has 2 unspecified atom stereocenters. The number of nitrogens with zero attached hydrogens (tertiary/aromatic N) is 2. The summed E-state index contributed by atoms with van der Waals surface area (Å²) in [6.45, 7) is 3.28. The molecular formula is C27H27N3O4. The molecule has 2 aliphatic rings. The minimum atomic E-state index is -0.120. The highest BCUT2D eigenvalue weighted by molar-refractivity contribution is 5.89. The number of pyridine rings is 1. The van der Waals surface area contributed by atoms with Gasteiger partial charge in [0.05, 0.1) is 0 Å². The normalized spacial score (nSPS) is 18.7. The maximum atomic E-state index is 13.0. The van der Waals surface area contributed by atoms with Crippen molar-refractivity contribution >= 4 is 17.5 Å². The topological polar surface area (TPSA) is 80.6 Å². The van der Waals surface area contributed by atoms with Gasteiger partial charge in [0, 0.05) is 55.5 Å². The fraction of sp³-hybridized carbons (Fsp3) is 0.296. The highest BCUT2D eigenvalue weighted by Gasteiger charge is 2.37. The van der Waals surface area contributed by atoms with Crippen molar-refractivity contribution in [1.82, 2.24) is 9.47 Å². The number of aromatic nitrogens is 1. The zero-order chi connectivity index (χ0) is 23.7. The number of hydrogen-bond acceptors (Lipinski definition) is 4. The van der Waals surface area contributed by atoms with Gasteiger partial charge < -0.3 is 19.5 Å². The van der Waals surface area contributed by atoms with Gasteiger partial charge >= 0.3 is 0 Å². The van der Waals surface area contributed by atoms with Crippen LogP contribution in [-0.4, -0.2) is 41.0 Å². The third-order valence-corrected chi connectivity index (χ3v) is 6.56. The molecule has 1 saturated heterocycles. The van der Waals surface area contributed by atoms with Crippen molar-refractivity contribution in [3.63, 3.8) is 0 Å². The number of rotatable bonds is 5. The van der Waals surface area contributed by atoms with Crippen molar-refractivity contribution in [1.29, 1.82) is 0 Å². The smallest absolute Gasteiger partial charge is 0.260 e. The number of likely N-dealkylation sites (tertiary alicyclic amines) is 1. The molecule has 7 nitrogen and oxygen atoms in total. The summed E-state index contributed by atoms with van der Waals surface area (Å²) in [6.07, 6.45) is 0.948. The second-order valence-electron chi connectivity index (χ2n) is 9.04. The Bertz CT molecular complexity index is 1270. The SMILES string of the molecule is CC(=O)Nc1ccc(-c2ccc(=O)n3c2C2CC(CN(C(=O)COc4ccccc4)C2)C3)cc1. The van der Waals surface area contributed by atoms with Crippen molar-refractivity contribution in [2.45, 2.75) is 25.8 Å². The number of carbonyl (C=O) groups excluding carboxylic acids is 2. The predicted molar refractivity (Wildman–Crippen MR) is 130 cm³/mol. The average molecular weight is 458 g/mol. The first-order valence-electron chi connectivity index (χ1n) is 11.6. The molecule has 2 aromatic carbocycles. The van der Waals surface area contributed by atoms with E-state index in [1.165, 1.54) is 6.92 Å². The first-order chi connectivity index (χ1) is 16.5. The first-order valence-corrected chi connectivity index (χ1v) is 11.6. The Morgan fingerprint density at radius 1 is 0.971 bits per heavy atom. The second-order valence-corrected chi connectivity index (χ2v) is 9.04. The Morgan fingerprint density at radius 3 is 2.47 bits per heavy atom. The maximum absolute atomic E-state index is 13.0. The summed E-state index contributed by atoms with van der Waals surface area (Å²) in [6, 6.07) is 20.5. The monoisotopic (exact) mass is 457 g/mol. The summed E-state index contributed by atoms with van der Waals surface area (Å²) in [5.41, 5.74) is 3.68. The molecule has 0 radical (unpaired) electrons.